The summed E-state index contributed by atoms with van der Waals surface area (Å²) in [7, 11) is 1.79. The fourth-order valence-corrected chi connectivity index (χ4v) is 1.37. The largest absolute Gasteiger partial charge is 0.393 e. The Kier molecular flexibility index (Phi) is 2.35. The Morgan fingerprint density at radius 2 is 2.25 bits per heavy atom. The molecule has 2 heterocycles. The van der Waals surface area contributed by atoms with E-state index in [1.807, 2.05) is 0 Å². The summed E-state index contributed by atoms with van der Waals surface area (Å²) in [6.07, 6.45) is 3.09. The number of H-pyrrole nitrogens is 1. The fourth-order valence-electron chi connectivity index (χ4n) is 1.37. The summed E-state index contributed by atoms with van der Waals surface area (Å²) >= 11 is 0. The Morgan fingerprint density at radius 3 is 2.88 bits per heavy atom. The van der Waals surface area contributed by atoms with Crippen molar-refractivity contribution in [3.05, 3.63) is 45.0 Å². The molecule has 7 heteroatoms. The van der Waals surface area contributed by atoms with Crippen LogP contribution in [0.25, 0.3) is 0 Å². The van der Waals surface area contributed by atoms with E-state index in [9.17, 15) is 9.59 Å². The number of nitrogens with zero attached hydrogens (tertiary/aromatic N) is 3. The maximum absolute atomic E-state index is 11.4. The van der Waals surface area contributed by atoms with Gasteiger partial charge in [0.05, 0.1) is 12.2 Å². The maximum atomic E-state index is 11.4. The van der Waals surface area contributed by atoms with Crippen LogP contribution in [-0.4, -0.2) is 19.3 Å². The van der Waals surface area contributed by atoms with Crippen LogP contribution in [0.2, 0.25) is 0 Å². The van der Waals surface area contributed by atoms with E-state index in [0.29, 0.717) is 0 Å². The van der Waals surface area contributed by atoms with Gasteiger partial charge in [-0.1, -0.05) is 0 Å². The third-order valence-corrected chi connectivity index (χ3v) is 2.14. The van der Waals surface area contributed by atoms with Gasteiger partial charge >= 0.3 is 5.69 Å². The first-order valence-corrected chi connectivity index (χ1v) is 4.64. The Morgan fingerprint density at radius 1 is 1.50 bits per heavy atom. The van der Waals surface area contributed by atoms with E-state index in [2.05, 4.69) is 10.1 Å². The average molecular weight is 221 g/mol. The van der Waals surface area contributed by atoms with E-state index in [0.717, 1.165) is 5.69 Å². The number of hydrogen-bond acceptors (Lipinski definition) is 4. The molecule has 0 aromatic carbocycles. The number of aromatic amines is 1. The zero-order chi connectivity index (χ0) is 11.7. The van der Waals surface area contributed by atoms with Gasteiger partial charge in [0.15, 0.2) is 0 Å². The quantitative estimate of drug-likeness (QED) is 0.672. The van der Waals surface area contributed by atoms with E-state index in [1.54, 1.807) is 24.0 Å². The summed E-state index contributed by atoms with van der Waals surface area (Å²) in [5.74, 6) is 0. The Hall–Kier alpha value is -2.31. The van der Waals surface area contributed by atoms with Gasteiger partial charge in [-0.2, -0.15) is 5.10 Å². The Balaban J connectivity index is 2.39. The number of aromatic nitrogens is 4. The van der Waals surface area contributed by atoms with Gasteiger partial charge in [0.1, 0.15) is 5.69 Å². The summed E-state index contributed by atoms with van der Waals surface area (Å²) in [5.41, 5.74) is 5.08. The van der Waals surface area contributed by atoms with Gasteiger partial charge in [-0.25, -0.2) is 4.79 Å². The van der Waals surface area contributed by atoms with Crippen LogP contribution in [0.5, 0.6) is 0 Å². The maximum Gasteiger partial charge on any atom is 0.328 e. The van der Waals surface area contributed by atoms with Gasteiger partial charge < -0.3 is 5.73 Å². The second-order valence-corrected chi connectivity index (χ2v) is 3.45. The highest BCUT2D eigenvalue weighted by Gasteiger charge is 2.03. The van der Waals surface area contributed by atoms with Crippen LogP contribution in [0.1, 0.15) is 5.69 Å². The molecule has 0 amide bonds. The molecule has 3 N–H and O–H groups in total. The molecule has 0 spiro atoms. The molecule has 0 aliphatic rings. The Labute approximate surface area is 90.1 Å². The lowest BCUT2D eigenvalue weighted by Crippen LogP contribution is -2.31. The minimum Gasteiger partial charge on any atom is -0.393 e. The van der Waals surface area contributed by atoms with Crippen LogP contribution in [0, 0.1) is 0 Å². The lowest BCUT2D eigenvalue weighted by molar-refractivity contribution is 0.675. The standard InChI is InChI=1S/C9H11N5O2/c1-13-3-2-6(12-13)4-14-5-7(10)8(15)11-9(14)16/h2-3,5H,4,10H2,1H3,(H,11,15,16). The third kappa shape index (κ3) is 1.88. The summed E-state index contributed by atoms with van der Waals surface area (Å²) in [6, 6.07) is 1.79. The number of nitrogens with two attached hydrogens (primary N) is 1. The molecule has 7 nitrogen and oxygen atoms in total. The predicted molar refractivity (Wildman–Crippen MR) is 58.0 cm³/mol. The summed E-state index contributed by atoms with van der Waals surface area (Å²) in [5, 5.41) is 4.12. The average Bonchev–Trinajstić information content (AvgIpc) is 2.60. The van der Waals surface area contributed by atoms with E-state index in [1.165, 1.54) is 10.8 Å². The van der Waals surface area contributed by atoms with E-state index in [4.69, 9.17) is 5.73 Å². The highest BCUT2D eigenvalue weighted by Crippen LogP contribution is 1.97. The summed E-state index contributed by atoms with van der Waals surface area (Å²) in [4.78, 5) is 24.6. The molecule has 2 aromatic rings. The van der Waals surface area contributed by atoms with Gasteiger partial charge in [-0.15, -0.1) is 0 Å². The molecule has 84 valence electrons. The fraction of sp³-hybridized carbons (Fsp3) is 0.222. The van der Waals surface area contributed by atoms with Gasteiger partial charge in [-0.05, 0) is 6.07 Å². The van der Waals surface area contributed by atoms with Crippen molar-refractivity contribution in [1.29, 1.82) is 0 Å². The normalized spacial score (nSPS) is 10.6. The molecule has 0 saturated heterocycles. The molecule has 0 atom stereocenters. The first-order valence-electron chi connectivity index (χ1n) is 4.64. The highest BCUT2D eigenvalue weighted by molar-refractivity contribution is 5.30. The zero-order valence-electron chi connectivity index (χ0n) is 8.67. The van der Waals surface area contributed by atoms with Gasteiger partial charge in [0.25, 0.3) is 5.56 Å². The summed E-state index contributed by atoms with van der Waals surface area (Å²) in [6.45, 7) is 0.278. The molecule has 0 aliphatic heterocycles. The third-order valence-electron chi connectivity index (χ3n) is 2.14. The van der Waals surface area contributed by atoms with Crippen molar-refractivity contribution in [3.63, 3.8) is 0 Å². The molecular weight excluding hydrogens is 210 g/mol. The van der Waals surface area contributed by atoms with Crippen LogP contribution < -0.4 is 17.0 Å². The van der Waals surface area contributed by atoms with Crippen molar-refractivity contribution in [2.45, 2.75) is 6.54 Å². The molecule has 2 rings (SSSR count). The Bertz CT molecular complexity index is 621. The smallest absolute Gasteiger partial charge is 0.328 e. The van der Waals surface area contributed by atoms with Crippen molar-refractivity contribution in [3.8, 4) is 0 Å². The van der Waals surface area contributed by atoms with Crippen LogP contribution in [0.4, 0.5) is 5.69 Å². The van der Waals surface area contributed by atoms with Crippen LogP contribution in [0.15, 0.2) is 28.0 Å². The number of aryl methyl sites for hydroxylation is 1. The lowest BCUT2D eigenvalue weighted by Gasteiger charge is -2.02. The molecule has 0 saturated carbocycles. The van der Waals surface area contributed by atoms with Crippen molar-refractivity contribution in [2.75, 3.05) is 5.73 Å². The van der Waals surface area contributed by atoms with Crippen LogP contribution >= 0.6 is 0 Å². The molecule has 2 aromatic heterocycles. The van der Waals surface area contributed by atoms with E-state index >= 15 is 0 Å². The van der Waals surface area contributed by atoms with Crippen LogP contribution in [0.3, 0.4) is 0 Å². The molecule has 16 heavy (non-hydrogen) atoms. The highest BCUT2D eigenvalue weighted by atomic mass is 16.2. The van der Waals surface area contributed by atoms with Crippen molar-refractivity contribution >= 4 is 5.69 Å². The molecule has 0 unspecified atom stereocenters. The molecule has 0 radical (unpaired) electrons. The monoisotopic (exact) mass is 221 g/mol. The van der Waals surface area contributed by atoms with E-state index in [-0.39, 0.29) is 12.2 Å². The second-order valence-electron chi connectivity index (χ2n) is 3.45. The predicted octanol–water partition coefficient (Wildman–Crippen LogP) is -1.10. The van der Waals surface area contributed by atoms with Gasteiger partial charge in [-0.3, -0.25) is 19.0 Å². The minimum atomic E-state index is -0.567. The van der Waals surface area contributed by atoms with Crippen molar-refractivity contribution in [2.24, 2.45) is 7.05 Å². The lowest BCUT2D eigenvalue weighted by atomic mass is 10.4. The summed E-state index contributed by atoms with van der Waals surface area (Å²) < 4.78 is 2.94. The zero-order valence-corrected chi connectivity index (χ0v) is 8.67. The minimum absolute atomic E-state index is 0.00975. The molecular formula is C9H11N5O2. The molecule has 0 fully saturated rings. The van der Waals surface area contributed by atoms with Crippen molar-refractivity contribution < 1.29 is 0 Å². The number of nitrogen functional groups attached to an aromatic ring is 1. The number of rotatable bonds is 2. The topological polar surface area (TPSA) is 98.7 Å². The first-order chi connectivity index (χ1) is 7.56. The molecule has 0 bridgehead atoms. The van der Waals surface area contributed by atoms with Crippen LogP contribution in [-0.2, 0) is 13.6 Å². The number of hydrogen-bond donors (Lipinski definition) is 2. The SMILES string of the molecule is Cn1ccc(Cn2cc(N)c(=O)[nH]c2=O)n1. The number of anilines is 1. The van der Waals surface area contributed by atoms with Gasteiger partial charge in [0, 0.05) is 19.4 Å². The van der Waals surface area contributed by atoms with Crippen molar-refractivity contribution in [1.82, 2.24) is 19.3 Å². The number of nitrogens with one attached hydrogen (secondary N) is 1. The van der Waals surface area contributed by atoms with E-state index < -0.39 is 11.2 Å². The first kappa shape index (κ1) is 10.2. The molecule has 0 aliphatic carbocycles. The second kappa shape index (κ2) is 3.69. The van der Waals surface area contributed by atoms with Gasteiger partial charge in [0.2, 0.25) is 0 Å².